The third-order valence-electron chi connectivity index (χ3n) is 2.56. The highest BCUT2D eigenvalue weighted by molar-refractivity contribution is 5.87. The van der Waals surface area contributed by atoms with Gasteiger partial charge in [-0.2, -0.15) is 10.5 Å². The Hall–Kier alpha value is -2.99. The summed E-state index contributed by atoms with van der Waals surface area (Å²) in [5.41, 5.74) is 0.531. The van der Waals surface area contributed by atoms with Gasteiger partial charge in [0, 0.05) is 6.54 Å². The number of nitrogens with zero attached hydrogens (tertiary/aromatic N) is 2. The van der Waals surface area contributed by atoms with Gasteiger partial charge < -0.3 is 14.5 Å². The number of ether oxygens (including phenoxy) is 1. The molecule has 0 aliphatic carbocycles. The normalized spacial score (nSPS) is 9.70. The minimum Gasteiger partial charge on any atom is -0.478 e. The standard InChI is InChI=1S/C14H11N3O3/c15-6-3-7-17-13(18)9-19-14-10-4-1-2-5-11(10)20-12(14)8-16/h1-2,4-5H,3,7,9H2,(H,17,18). The number of para-hydroxylation sites is 1. The Morgan fingerprint density at radius 3 is 2.90 bits per heavy atom. The summed E-state index contributed by atoms with van der Waals surface area (Å²) in [5.74, 6) is -0.0519. The predicted molar refractivity (Wildman–Crippen MR) is 69.7 cm³/mol. The molecular weight excluding hydrogens is 258 g/mol. The fourth-order valence-corrected chi connectivity index (χ4v) is 1.69. The summed E-state index contributed by atoms with van der Waals surface area (Å²) < 4.78 is 10.7. The van der Waals surface area contributed by atoms with Gasteiger partial charge in [-0.3, -0.25) is 4.79 Å². The van der Waals surface area contributed by atoms with Crippen molar-refractivity contribution in [3.8, 4) is 17.9 Å². The molecule has 0 bridgehead atoms. The lowest BCUT2D eigenvalue weighted by molar-refractivity contribution is -0.123. The fourth-order valence-electron chi connectivity index (χ4n) is 1.69. The zero-order valence-corrected chi connectivity index (χ0v) is 10.5. The summed E-state index contributed by atoms with van der Waals surface area (Å²) in [6.07, 6.45) is 0.240. The second kappa shape index (κ2) is 6.26. The van der Waals surface area contributed by atoms with Gasteiger partial charge in [0.2, 0.25) is 5.76 Å². The number of hydrogen-bond acceptors (Lipinski definition) is 5. The Morgan fingerprint density at radius 1 is 1.35 bits per heavy atom. The minimum absolute atomic E-state index is 0.0380. The van der Waals surface area contributed by atoms with Crippen molar-refractivity contribution in [2.24, 2.45) is 0 Å². The Balaban J connectivity index is 2.08. The Morgan fingerprint density at radius 2 is 2.15 bits per heavy atom. The number of amides is 1. The van der Waals surface area contributed by atoms with Gasteiger partial charge in [0.25, 0.3) is 5.91 Å². The molecule has 2 aromatic rings. The number of nitriles is 2. The van der Waals surface area contributed by atoms with Gasteiger partial charge in [-0.05, 0) is 12.1 Å². The van der Waals surface area contributed by atoms with E-state index in [4.69, 9.17) is 19.7 Å². The SMILES string of the molecule is N#CCCNC(=O)COc1c(C#N)oc2ccccc12. The van der Waals surface area contributed by atoms with Crippen molar-refractivity contribution in [2.45, 2.75) is 6.42 Å². The van der Waals surface area contributed by atoms with Gasteiger partial charge in [-0.25, -0.2) is 0 Å². The van der Waals surface area contributed by atoms with Crippen LogP contribution in [0.3, 0.4) is 0 Å². The average molecular weight is 269 g/mol. The van der Waals surface area contributed by atoms with Crippen molar-refractivity contribution in [2.75, 3.05) is 13.2 Å². The van der Waals surface area contributed by atoms with Gasteiger partial charge in [-0.1, -0.05) is 12.1 Å². The maximum atomic E-state index is 11.5. The third kappa shape index (κ3) is 2.88. The van der Waals surface area contributed by atoms with Crippen molar-refractivity contribution in [3.63, 3.8) is 0 Å². The van der Waals surface area contributed by atoms with Gasteiger partial charge in [0.1, 0.15) is 11.7 Å². The molecule has 0 atom stereocenters. The maximum Gasteiger partial charge on any atom is 0.257 e. The van der Waals surface area contributed by atoms with Crippen LogP contribution in [0.25, 0.3) is 11.0 Å². The minimum atomic E-state index is -0.352. The monoisotopic (exact) mass is 269 g/mol. The zero-order chi connectivity index (χ0) is 14.4. The molecule has 0 aliphatic rings. The molecule has 0 fully saturated rings. The molecule has 0 unspecified atom stereocenters. The largest absolute Gasteiger partial charge is 0.478 e. The summed E-state index contributed by atoms with van der Waals surface area (Å²) in [5, 5.41) is 20.5. The smallest absolute Gasteiger partial charge is 0.257 e. The second-order valence-electron chi connectivity index (χ2n) is 3.92. The molecule has 0 spiro atoms. The Bertz CT molecular complexity index is 707. The van der Waals surface area contributed by atoms with E-state index in [-0.39, 0.29) is 37.0 Å². The molecule has 1 aromatic carbocycles. The topological polar surface area (TPSA) is 99.0 Å². The molecule has 1 aromatic heterocycles. The predicted octanol–water partition coefficient (Wildman–Crippen LogP) is 1.71. The number of fused-ring (bicyclic) bond motifs is 1. The highest BCUT2D eigenvalue weighted by atomic mass is 16.5. The molecule has 1 heterocycles. The molecule has 20 heavy (non-hydrogen) atoms. The molecule has 0 aliphatic heterocycles. The van der Waals surface area contributed by atoms with E-state index in [1.165, 1.54) is 0 Å². The van der Waals surface area contributed by atoms with E-state index >= 15 is 0 Å². The third-order valence-corrected chi connectivity index (χ3v) is 2.56. The first-order valence-electron chi connectivity index (χ1n) is 5.94. The highest BCUT2D eigenvalue weighted by Gasteiger charge is 2.16. The number of hydrogen-bond donors (Lipinski definition) is 1. The molecule has 2 rings (SSSR count). The number of benzene rings is 1. The van der Waals surface area contributed by atoms with Crippen LogP contribution >= 0.6 is 0 Å². The summed E-state index contributed by atoms with van der Waals surface area (Å²) in [4.78, 5) is 11.5. The van der Waals surface area contributed by atoms with Gasteiger partial charge in [-0.15, -0.1) is 0 Å². The number of furan rings is 1. The van der Waals surface area contributed by atoms with E-state index in [0.29, 0.717) is 11.0 Å². The molecule has 0 saturated heterocycles. The van der Waals surface area contributed by atoms with Crippen molar-refractivity contribution in [1.82, 2.24) is 5.32 Å². The van der Waals surface area contributed by atoms with Crippen molar-refractivity contribution in [1.29, 1.82) is 10.5 Å². The number of carbonyl (C=O) groups excluding carboxylic acids is 1. The maximum absolute atomic E-state index is 11.5. The van der Waals surface area contributed by atoms with E-state index in [2.05, 4.69) is 5.32 Å². The summed E-state index contributed by atoms with van der Waals surface area (Å²) in [6.45, 7) is 0.0412. The van der Waals surface area contributed by atoms with E-state index in [9.17, 15) is 4.79 Å². The van der Waals surface area contributed by atoms with Crippen molar-refractivity contribution in [3.05, 3.63) is 30.0 Å². The van der Waals surface area contributed by atoms with Crippen molar-refractivity contribution < 1.29 is 13.9 Å². The molecular formula is C14H11N3O3. The van der Waals surface area contributed by atoms with E-state index < -0.39 is 0 Å². The molecule has 6 nitrogen and oxygen atoms in total. The quantitative estimate of drug-likeness (QED) is 0.833. The van der Waals surface area contributed by atoms with Crippen LogP contribution in [0.2, 0.25) is 0 Å². The zero-order valence-electron chi connectivity index (χ0n) is 10.5. The summed E-state index contributed by atoms with van der Waals surface area (Å²) in [6, 6.07) is 10.9. The molecule has 1 amide bonds. The van der Waals surface area contributed by atoms with Crippen LogP contribution in [-0.4, -0.2) is 19.1 Å². The van der Waals surface area contributed by atoms with Crippen LogP contribution in [0.1, 0.15) is 12.2 Å². The van der Waals surface area contributed by atoms with E-state index in [0.717, 1.165) is 0 Å². The summed E-state index contributed by atoms with van der Waals surface area (Å²) >= 11 is 0. The first-order valence-corrected chi connectivity index (χ1v) is 5.94. The number of rotatable bonds is 5. The van der Waals surface area contributed by atoms with Crippen molar-refractivity contribution >= 4 is 16.9 Å². The van der Waals surface area contributed by atoms with Gasteiger partial charge in [0.05, 0.1) is 17.9 Å². The van der Waals surface area contributed by atoms with Crippen LogP contribution in [0.5, 0.6) is 5.75 Å². The first kappa shape index (κ1) is 13.4. The molecule has 100 valence electrons. The molecule has 6 heteroatoms. The lowest BCUT2D eigenvalue weighted by atomic mass is 10.2. The van der Waals surface area contributed by atoms with Crippen LogP contribution < -0.4 is 10.1 Å². The Kier molecular flexibility index (Phi) is 4.21. The fraction of sp³-hybridized carbons (Fsp3) is 0.214. The molecule has 1 N–H and O–H groups in total. The lowest BCUT2D eigenvalue weighted by Crippen LogP contribution is -2.29. The van der Waals surface area contributed by atoms with Crippen LogP contribution in [-0.2, 0) is 4.79 Å². The average Bonchev–Trinajstić information content (AvgIpc) is 2.83. The van der Waals surface area contributed by atoms with E-state index in [1.807, 2.05) is 12.1 Å². The first-order chi connectivity index (χ1) is 9.76. The second-order valence-corrected chi connectivity index (χ2v) is 3.92. The number of carbonyl (C=O) groups is 1. The van der Waals surface area contributed by atoms with Crippen LogP contribution in [0, 0.1) is 22.7 Å². The van der Waals surface area contributed by atoms with Gasteiger partial charge in [0.15, 0.2) is 12.4 Å². The van der Waals surface area contributed by atoms with Crippen LogP contribution in [0.4, 0.5) is 0 Å². The highest BCUT2D eigenvalue weighted by Crippen LogP contribution is 2.32. The molecule has 0 saturated carbocycles. The lowest BCUT2D eigenvalue weighted by Gasteiger charge is -2.05. The van der Waals surface area contributed by atoms with Gasteiger partial charge >= 0.3 is 0 Å². The summed E-state index contributed by atoms with van der Waals surface area (Å²) in [7, 11) is 0. The van der Waals surface area contributed by atoms with Crippen LogP contribution in [0.15, 0.2) is 28.7 Å². The number of nitrogens with one attached hydrogen (secondary N) is 1. The Labute approximate surface area is 115 Å². The van der Waals surface area contributed by atoms with E-state index in [1.54, 1.807) is 24.3 Å². The molecule has 0 radical (unpaired) electrons.